The molecule has 0 spiro atoms. The second kappa shape index (κ2) is 9.58. The maximum atomic E-state index is 3.41. The smallest absolute Gasteiger partial charge is 0.147 e. The van der Waals surface area contributed by atoms with Crippen molar-refractivity contribution < 1.29 is 19.7 Å². The van der Waals surface area contributed by atoms with E-state index in [4.69, 9.17) is 0 Å². The average molecular weight is 463 g/mol. The van der Waals surface area contributed by atoms with E-state index in [1.54, 1.807) is 5.56 Å². The van der Waals surface area contributed by atoms with Gasteiger partial charge >= 0.3 is 125 Å². The van der Waals surface area contributed by atoms with Gasteiger partial charge in [-0.05, 0) is 0 Å². The van der Waals surface area contributed by atoms with Crippen LogP contribution >= 0.6 is 43.8 Å². The van der Waals surface area contributed by atoms with Crippen molar-refractivity contribution >= 4 is 49.8 Å². The van der Waals surface area contributed by atoms with Gasteiger partial charge in [0.2, 0.25) is 0 Å². The number of fused-ring (bicyclic) bond motifs is 1. The van der Waals surface area contributed by atoms with Crippen LogP contribution in [0, 0.1) is 13.8 Å². The molecule has 0 aliphatic heterocycles. The molecule has 0 amide bonds. The molecular weight excluding hydrogens is 433 g/mol. The van der Waals surface area contributed by atoms with Crippen molar-refractivity contribution in [2.24, 2.45) is 0 Å². The molecule has 0 bridgehead atoms. The summed E-state index contributed by atoms with van der Waals surface area (Å²) in [6, 6.07) is 4.58. The Morgan fingerprint density at radius 3 is 1.82 bits per heavy atom. The van der Waals surface area contributed by atoms with E-state index in [1.165, 1.54) is 16.7 Å². The maximum Gasteiger partial charge on any atom is -0.147 e. The fraction of sp³-hybridized carbons (Fsp3) is 0.529. The van der Waals surface area contributed by atoms with Crippen molar-refractivity contribution in [3.63, 3.8) is 0 Å². The summed E-state index contributed by atoms with van der Waals surface area (Å²) in [6.45, 7) is 17.7. The van der Waals surface area contributed by atoms with Crippen molar-refractivity contribution in [3.05, 3.63) is 40.5 Å². The summed E-state index contributed by atoms with van der Waals surface area (Å²) in [4.78, 5) is 0. The maximum absolute atomic E-state index is 3.41. The first-order chi connectivity index (χ1) is 8.80. The molecule has 0 nitrogen and oxygen atoms in total. The Balaban J connectivity index is 0. The molecular formula is C17H30Cl3PZr. The molecule has 22 heavy (non-hydrogen) atoms. The van der Waals surface area contributed by atoms with E-state index in [9.17, 15) is 0 Å². The van der Waals surface area contributed by atoms with Crippen LogP contribution in [0.2, 0.25) is 7.25 Å². The summed E-state index contributed by atoms with van der Waals surface area (Å²) in [5.41, 5.74) is 6.08. The third-order valence-corrected chi connectivity index (χ3v) is 28.7. The molecule has 2 atom stereocenters. The van der Waals surface area contributed by atoms with Crippen LogP contribution < -0.4 is 0 Å². The van der Waals surface area contributed by atoms with Crippen molar-refractivity contribution in [3.8, 4) is 0 Å². The van der Waals surface area contributed by atoms with E-state index in [-0.39, 0.29) is 37.2 Å². The van der Waals surface area contributed by atoms with E-state index in [1.807, 2.05) is 0 Å². The van der Waals surface area contributed by atoms with Gasteiger partial charge in [0.15, 0.2) is 0 Å². The standard InChI is InChI=1S/C11H11.2C3H7.3ClH.H2P.Zr/c1-8-6-7-9(2)11-5-3-4-10(8)11;2*1-3-2;;;;;/h3-7H,1-2H3;2*3H,1-2H3;3*1H;1H2;/q;;;;;;-1;+1. The fourth-order valence-electron chi connectivity index (χ4n) is 3.58. The van der Waals surface area contributed by atoms with E-state index >= 15 is 0 Å². The van der Waals surface area contributed by atoms with Crippen molar-refractivity contribution in [1.29, 1.82) is 0 Å². The predicted molar refractivity (Wildman–Crippen MR) is 109 cm³/mol. The van der Waals surface area contributed by atoms with Crippen LogP contribution in [-0.4, -0.2) is 0 Å². The van der Waals surface area contributed by atoms with Gasteiger partial charge in [0, 0.05) is 0 Å². The Kier molecular flexibility index (Phi) is 11.1. The number of benzene rings is 1. The predicted octanol–water partition coefficient (Wildman–Crippen LogP) is 7.24. The van der Waals surface area contributed by atoms with E-state index < -0.39 is 19.7 Å². The van der Waals surface area contributed by atoms with Crippen LogP contribution in [-0.2, 0) is 19.7 Å². The zero-order chi connectivity index (χ0) is 14.4. The van der Waals surface area contributed by atoms with Crippen LogP contribution in [0.1, 0.15) is 53.6 Å². The van der Waals surface area contributed by atoms with Gasteiger partial charge in [-0.15, -0.1) is 37.2 Å². The molecule has 0 saturated carbocycles. The molecule has 1 aliphatic rings. The molecule has 0 heterocycles. The van der Waals surface area contributed by atoms with Crippen LogP contribution in [0.3, 0.4) is 0 Å². The van der Waals surface area contributed by atoms with Gasteiger partial charge < -0.3 is 0 Å². The molecule has 0 fully saturated rings. The van der Waals surface area contributed by atoms with Gasteiger partial charge in [0.25, 0.3) is 0 Å². The van der Waals surface area contributed by atoms with Gasteiger partial charge in [0.1, 0.15) is 0 Å². The zero-order valence-corrected chi connectivity index (χ0v) is 20.4. The third-order valence-electron chi connectivity index (χ3n) is 5.03. The number of rotatable bonds is 3. The Bertz CT molecular complexity index is 519. The quantitative estimate of drug-likeness (QED) is 0.415. The molecule has 2 rings (SSSR count). The SMILES string of the molecule is Cc1ccc(C)c2c1C=C[CH]2[Zr]([PH2])([CH](C)C)[CH](C)C.Cl.Cl.Cl. The summed E-state index contributed by atoms with van der Waals surface area (Å²) < 4.78 is 2.42. The summed E-state index contributed by atoms with van der Waals surface area (Å²) in [6.07, 6.45) is 4.91. The first-order valence-electron chi connectivity index (χ1n) is 7.37. The van der Waals surface area contributed by atoms with Crippen molar-refractivity contribution in [2.45, 2.75) is 52.4 Å². The molecule has 0 N–H and O–H groups in total. The minimum absolute atomic E-state index is 0. The van der Waals surface area contributed by atoms with Crippen molar-refractivity contribution in [2.75, 3.05) is 0 Å². The minimum atomic E-state index is -2.31. The van der Waals surface area contributed by atoms with Gasteiger partial charge in [-0.1, -0.05) is 0 Å². The largest absolute Gasteiger partial charge is 0.147 e. The second-order valence-electron chi connectivity index (χ2n) is 6.67. The average Bonchev–Trinajstić information content (AvgIpc) is 2.78. The van der Waals surface area contributed by atoms with Crippen LogP contribution in [0.25, 0.3) is 6.08 Å². The molecule has 1 aliphatic carbocycles. The Morgan fingerprint density at radius 1 is 0.909 bits per heavy atom. The zero-order valence-electron chi connectivity index (χ0n) is 14.3. The van der Waals surface area contributed by atoms with Crippen LogP contribution in [0.15, 0.2) is 18.2 Å². The fourth-order valence-corrected chi connectivity index (χ4v) is 15.3. The van der Waals surface area contributed by atoms with Crippen LogP contribution in [0.5, 0.6) is 0 Å². The number of hydrogen-bond acceptors (Lipinski definition) is 0. The van der Waals surface area contributed by atoms with Gasteiger partial charge in [-0.2, -0.15) is 0 Å². The number of hydrogen-bond donors (Lipinski definition) is 0. The molecule has 1 aromatic carbocycles. The molecule has 0 saturated heterocycles. The number of allylic oxidation sites excluding steroid dienone is 1. The minimum Gasteiger partial charge on any atom is -0.147 e. The molecule has 1 aromatic rings. The summed E-state index contributed by atoms with van der Waals surface area (Å²) in [5, 5.41) is 0. The van der Waals surface area contributed by atoms with Gasteiger partial charge in [0.05, 0.1) is 0 Å². The van der Waals surface area contributed by atoms with Crippen molar-refractivity contribution in [1.82, 2.24) is 0 Å². The van der Waals surface area contributed by atoms with Crippen LogP contribution in [0.4, 0.5) is 0 Å². The van der Waals surface area contributed by atoms with E-state index in [0.29, 0.717) is 0 Å². The topological polar surface area (TPSA) is 0 Å². The molecule has 0 aromatic heterocycles. The molecule has 0 radical (unpaired) electrons. The molecule has 2 unspecified atom stereocenters. The summed E-state index contributed by atoms with van der Waals surface area (Å²) in [5.74, 6) is 0. The van der Waals surface area contributed by atoms with Gasteiger partial charge in [-0.3, -0.25) is 0 Å². The Morgan fingerprint density at radius 2 is 1.36 bits per heavy atom. The van der Waals surface area contributed by atoms with Gasteiger partial charge in [-0.25, -0.2) is 0 Å². The molecule has 5 heteroatoms. The van der Waals surface area contributed by atoms with E-state index in [0.717, 1.165) is 10.9 Å². The number of halogens is 3. The first kappa shape index (κ1) is 25.4. The molecule has 128 valence electrons. The number of aryl methyl sites for hydroxylation is 2. The normalized spacial score (nSPS) is 16.0. The third kappa shape index (κ3) is 4.21. The summed E-state index contributed by atoms with van der Waals surface area (Å²) in [7, 11) is 0. The first-order valence-corrected chi connectivity index (χ1v) is 16.5. The second-order valence-corrected chi connectivity index (χ2v) is 24.7. The Hall–Kier alpha value is 1.14. The monoisotopic (exact) mass is 460 g/mol. The summed E-state index contributed by atoms with van der Waals surface area (Å²) >= 11 is -2.31. The van der Waals surface area contributed by atoms with E-state index in [2.05, 4.69) is 72.4 Å². The Labute approximate surface area is 161 Å².